The fourth-order valence-electron chi connectivity index (χ4n) is 2.68. The van der Waals surface area contributed by atoms with Crippen LogP contribution in [0.25, 0.3) is 0 Å². The zero-order chi connectivity index (χ0) is 15.4. The third-order valence-corrected chi connectivity index (χ3v) is 3.73. The third-order valence-electron chi connectivity index (χ3n) is 3.73. The maximum atomic E-state index is 10.3. The van der Waals surface area contributed by atoms with Gasteiger partial charge in [0.2, 0.25) is 0 Å². The first kappa shape index (κ1) is 15.5. The molecule has 1 aromatic heterocycles. The number of rotatable bonds is 5. The number of aryl methyl sites for hydroxylation is 2. The Kier molecular flexibility index (Phi) is 4.97. The fraction of sp³-hybridized carbons (Fsp3) is 0.389. The lowest BCUT2D eigenvalue weighted by atomic mass is 10.00. The van der Waals surface area contributed by atoms with Gasteiger partial charge < -0.3 is 9.84 Å². The average Bonchev–Trinajstić information content (AvgIpc) is 2.42. The summed E-state index contributed by atoms with van der Waals surface area (Å²) in [7, 11) is 1.67. The average molecular weight is 285 g/mol. The zero-order valence-electron chi connectivity index (χ0n) is 13.2. The number of pyridine rings is 1. The number of ether oxygens (including phenoxy) is 1. The minimum Gasteiger partial charge on any atom is -0.496 e. The van der Waals surface area contributed by atoms with Gasteiger partial charge in [-0.1, -0.05) is 29.8 Å². The van der Waals surface area contributed by atoms with Gasteiger partial charge in [0.25, 0.3) is 0 Å². The predicted octanol–water partition coefficient (Wildman–Crippen LogP) is 3.16. The molecular weight excluding hydrogens is 262 g/mol. The number of hydrogen-bond acceptors (Lipinski definition) is 3. The first-order chi connectivity index (χ1) is 10.0. The largest absolute Gasteiger partial charge is 0.496 e. The van der Waals surface area contributed by atoms with E-state index in [-0.39, 0.29) is 0 Å². The van der Waals surface area contributed by atoms with Gasteiger partial charge >= 0.3 is 0 Å². The molecular formula is C18H23NO2. The molecule has 0 saturated heterocycles. The normalized spacial score (nSPS) is 12.2. The van der Waals surface area contributed by atoms with Gasteiger partial charge in [0.15, 0.2) is 0 Å². The van der Waals surface area contributed by atoms with E-state index in [9.17, 15) is 5.11 Å². The molecule has 0 aliphatic carbocycles. The van der Waals surface area contributed by atoms with Crippen molar-refractivity contribution in [3.63, 3.8) is 0 Å². The van der Waals surface area contributed by atoms with Gasteiger partial charge in [-0.2, -0.15) is 0 Å². The van der Waals surface area contributed by atoms with Crippen molar-refractivity contribution in [1.82, 2.24) is 4.98 Å². The predicted molar refractivity (Wildman–Crippen MR) is 84.9 cm³/mol. The highest BCUT2D eigenvalue weighted by molar-refractivity contribution is 5.41. The van der Waals surface area contributed by atoms with Gasteiger partial charge in [0, 0.05) is 29.4 Å². The number of aromatic nitrogens is 1. The number of aliphatic hydroxyl groups excluding tert-OH is 1. The van der Waals surface area contributed by atoms with Gasteiger partial charge in [0.1, 0.15) is 5.75 Å². The van der Waals surface area contributed by atoms with Gasteiger partial charge in [-0.3, -0.25) is 4.98 Å². The van der Waals surface area contributed by atoms with E-state index in [4.69, 9.17) is 4.74 Å². The van der Waals surface area contributed by atoms with Crippen LogP contribution in [0.3, 0.4) is 0 Å². The maximum Gasteiger partial charge on any atom is 0.128 e. The van der Waals surface area contributed by atoms with Crippen LogP contribution >= 0.6 is 0 Å². The Bertz CT molecular complexity index is 623. The molecule has 1 unspecified atom stereocenters. The Hall–Kier alpha value is -1.87. The molecule has 3 heteroatoms. The van der Waals surface area contributed by atoms with Gasteiger partial charge in [-0.05, 0) is 32.8 Å². The Morgan fingerprint density at radius 3 is 2.62 bits per heavy atom. The van der Waals surface area contributed by atoms with Crippen molar-refractivity contribution >= 4 is 0 Å². The highest BCUT2D eigenvalue weighted by Gasteiger charge is 2.14. The van der Waals surface area contributed by atoms with Crippen LogP contribution in [0, 0.1) is 20.8 Å². The van der Waals surface area contributed by atoms with Crippen LogP contribution < -0.4 is 4.74 Å². The van der Waals surface area contributed by atoms with Crippen molar-refractivity contribution in [3.05, 3.63) is 58.4 Å². The number of aliphatic hydroxyl groups is 1. The van der Waals surface area contributed by atoms with E-state index in [1.165, 1.54) is 5.56 Å². The van der Waals surface area contributed by atoms with E-state index in [0.717, 1.165) is 28.1 Å². The second kappa shape index (κ2) is 6.72. The molecule has 1 aromatic carbocycles. The SMILES string of the molecule is COc1c(C)cnc(CC(O)Cc2cccc(C)c2)c1C. The van der Waals surface area contributed by atoms with Crippen molar-refractivity contribution in [2.24, 2.45) is 0 Å². The Labute approximate surface area is 126 Å². The van der Waals surface area contributed by atoms with Crippen molar-refractivity contribution in [2.45, 2.75) is 39.7 Å². The quantitative estimate of drug-likeness (QED) is 0.917. The second-order valence-corrected chi connectivity index (χ2v) is 5.60. The summed E-state index contributed by atoms with van der Waals surface area (Å²) in [5.41, 5.74) is 5.30. The van der Waals surface area contributed by atoms with Crippen LogP contribution in [0.15, 0.2) is 30.5 Å². The molecule has 1 heterocycles. The van der Waals surface area contributed by atoms with Crippen LogP contribution in [0.1, 0.15) is 27.9 Å². The van der Waals surface area contributed by atoms with E-state index in [1.807, 2.05) is 26.0 Å². The fourth-order valence-corrected chi connectivity index (χ4v) is 2.68. The monoisotopic (exact) mass is 285 g/mol. The summed E-state index contributed by atoms with van der Waals surface area (Å²) in [6, 6.07) is 8.24. The van der Waals surface area contributed by atoms with E-state index >= 15 is 0 Å². The lowest BCUT2D eigenvalue weighted by molar-refractivity contribution is 0.174. The minimum atomic E-state index is -0.439. The standard InChI is InChI=1S/C18H23NO2/c1-12-6-5-7-15(8-12)9-16(20)10-17-14(3)18(21-4)13(2)11-19-17/h5-8,11,16,20H,9-10H2,1-4H3. The molecule has 2 aromatic rings. The molecule has 0 aliphatic heterocycles. The van der Waals surface area contributed by atoms with Crippen LogP contribution in [0.4, 0.5) is 0 Å². The molecule has 0 fully saturated rings. The second-order valence-electron chi connectivity index (χ2n) is 5.60. The number of benzene rings is 1. The maximum absolute atomic E-state index is 10.3. The molecule has 112 valence electrons. The summed E-state index contributed by atoms with van der Waals surface area (Å²) in [6.07, 6.45) is 2.54. The van der Waals surface area contributed by atoms with Gasteiger partial charge in [-0.25, -0.2) is 0 Å². The highest BCUT2D eigenvalue weighted by Crippen LogP contribution is 2.25. The number of hydrogen-bond donors (Lipinski definition) is 1. The Balaban J connectivity index is 2.11. The first-order valence-corrected chi connectivity index (χ1v) is 7.24. The van der Waals surface area contributed by atoms with Crippen molar-refractivity contribution in [2.75, 3.05) is 7.11 Å². The van der Waals surface area contributed by atoms with E-state index < -0.39 is 6.10 Å². The summed E-state index contributed by atoms with van der Waals surface area (Å²) >= 11 is 0. The molecule has 0 spiro atoms. The van der Waals surface area contributed by atoms with Crippen LogP contribution in [-0.4, -0.2) is 23.3 Å². The molecule has 0 aliphatic rings. The van der Waals surface area contributed by atoms with Gasteiger partial charge in [0.05, 0.1) is 13.2 Å². The first-order valence-electron chi connectivity index (χ1n) is 7.24. The topological polar surface area (TPSA) is 42.4 Å². The summed E-state index contributed by atoms with van der Waals surface area (Å²) in [5, 5.41) is 10.3. The summed E-state index contributed by atoms with van der Waals surface area (Å²) in [4.78, 5) is 4.45. The third kappa shape index (κ3) is 3.82. The zero-order valence-corrected chi connectivity index (χ0v) is 13.2. The smallest absolute Gasteiger partial charge is 0.128 e. The molecule has 0 amide bonds. The molecule has 21 heavy (non-hydrogen) atoms. The van der Waals surface area contributed by atoms with E-state index in [2.05, 4.69) is 24.0 Å². The molecule has 1 N–H and O–H groups in total. The Morgan fingerprint density at radius 1 is 1.19 bits per heavy atom. The molecule has 3 nitrogen and oxygen atoms in total. The molecule has 1 atom stereocenters. The van der Waals surface area contributed by atoms with Gasteiger partial charge in [-0.15, -0.1) is 0 Å². The highest BCUT2D eigenvalue weighted by atomic mass is 16.5. The summed E-state index contributed by atoms with van der Waals surface area (Å²) < 4.78 is 5.41. The minimum absolute atomic E-state index is 0.439. The molecule has 2 rings (SSSR count). The number of methoxy groups -OCH3 is 1. The van der Waals surface area contributed by atoms with Crippen LogP contribution in [-0.2, 0) is 12.8 Å². The number of nitrogens with zero attached hydrogens (tertiary/aromatic N) is 1. The van der Waals surface area contributed by atoms with E-state index in [1.54, 1.807) is 13.3 Å². The van der Waals surface area contributed by atoms with Crippen molar-refractivity contribution < 1.29 is 9.84 Å². The van der Waals surface area contributed by atoms with Crippen LogP contribution in [0.5, 0.6) is 5.75 Å². The lowest BCUT2D eigenvalue weighted by Gasteiger charge is -2.15. The van der Waals surface area contributed by atoms with E-state index in [0.29, 0.717) is 12.8 Å². The summed E-state index contributed by atoms with van der Waals surface area (Å²) in [6.45, 7) is 6.03. The Morgan fingerprint density at radius 2 is 1.95 bits per heavy atom. The molecule has 0 saturated carbocycles. The molecule has 0 radical (unpaired) electrons. The van der Waals surface area contributed by atoms with Crippen molar-refractivity contribution in [3.8, 4) is 5.75 Å². The summed E-state index contributed by atoms with van der Waals surface area (Å²) in [5.74, 6) is 0.864. The van der Waals surface area contributed by atoms with Crippen molar-refractivity contribution in [1.29, 1.82) is 0 Å². The van der Waals surface area contributed by atoms with Crippen LogP contribution in [0.2, 0.25) is 0 Å². The lowest BCUT2D eigenvalue weighted by Crippen LogP contribution is -2.16. The molecule has 0 bridgehead atoms.